The van der Waals surface area contributed by atoms with E-state index in [1.54, 1.807) is 0 Å². The summed E-state index contributed by atoms with van der Waals surface area (Å²) in [5.41, 5.74) is 3.82. The summed E-state index contributed by atoms with van der Waals surface area (Å²) in [5.74, 6) is 0. The molecular formula is C18H19NO2. The first-order chi connectivity index (χ1) is 10.2. The third-order valence-electron chi connectivity index (χ3n) is 3.17. The lowest BCUT2D eigenvalue weighted by Gasteiger charge is -2.12. The van der Waals surface area contributed by atoms with Crippen LogP contribution in [0.5, 0.6) is 0 Å². The predicted octanol–water partition coefficient (Wildman–Crippen LogP) is 4.28. The standard InChI is InChI=1S/C18H19NO2/c1-3-17(16-12-8-7-9-14(16)2)19-18(20)21-13-15-10-5-4-6-11-15/h3-12H,13H2,1-2H3,(H,19,20)/b17-3+. The molecule has 108 valence electrons. The third kappa shape index (κ3) is 4.21. The molecule has 0 unspecified atom stereocenters. The molecule has 0 aliphatic heterocycles. The Kier molecular flexibility index (Phi) is 5.16. The highest BCUT2D eigenvalue weighted by Gasteiger charge is 2.09. The number of rotatable bonds is 4. The number of alkyl carbamates (subject to hydrolysis) is 1. The molecule has 0 aromatic heterocycles. The molecule has 0 radical (unpaired) electrons. The highest BCUT2D eigenvalue weighted by atomic mass is 16.5. The van der Waals surface area contributed by atoms with Crippen molar-refractivity contribution >= 4 is 11.8 Å². The summed E-state index contributed by atoms with van der Waals surface area (Å²) >= 11 is 0. The second-order valence-electron chi connectivity index (χ2n) is 4.70. The van der Waals surface area contributed by atoms with Gasteiger partial charge in [0.2, 0.25) is 0 Å². The Balaban J connectivity index is 1.97. The SMILES string of the molecule is C/C=C(/NC(=O)OCc1ccccc1)c1ccccc1C. The summed E-state index contributed by atoms with van der Waals surface area (Å²) in [6, 6.07) is 17.5. The van der Waals surface area contributed by atoms with Gasteiger partial charge in [-0.1, -0.05) is 60.7 Å². The zero-order chi connectivity index (χ0) is 15.1. The van der Waals surface area contributed by atoms with Crippen molar-refractivity contribution in [1.82, 2.24) is 5.32 Å². The lowest BCUT2D eigenvalue weighted by atomic mass is 10.1. The predicted molar refractivity (Wildman–Crippen MR) is 84.6 cm³/mol. The van der Waals surface area contributed by atoms with E-state index in [1.165, 1.54) is 0 Å². The van der Waals surface area contributed by atoms with Crippen molar-refractivity contribution in [1.29, 1.82) is 0 Å². The van der Waals surface area contributed by atoms with E-state index >= 15 is 0 Å². The number of ether oxygens (including phenoxy) is 1. The molecule has 2 aromatic rings. The number of carbonyl (C=O) groups is 1. The van der Waals surface area contributed by atoms with E-state index in [9.17, 15) is 4.79 Å². The second kappa shape index (κ2) is 7.29. The maximum atomic E-state index is 11.9. The average Bonchev–Trinajstić information content (AvgIpc) is 2.52. The number of amides is 1. The Hall–Kier alpha value is -2.55. The summed E-state index contributed by atoms with van der Waals surface area (Å²) in [6.45, 7) is 4.16. The number of hydrogen-bond donors (Lipinski definition) is 1. The van der Waals surface area contributed by atoms with Crippen molar-refractivity contribution in [2.75, 3.05) is 0 Å². The van der Waals surface area contributed by atoms with Crippen LogP contribution < -0.4 is 5.32 Å². The second-order valence-corrected chi connectivity index (χ2v) is 4.70. The van der Waals surface area contributed by atoms with Crippen molar-refractivity contribution in [3.05, 3.63) is 77.4 Å². The Morgan fingerprint density at radius 3 is 2.43 bits per heavy atom. The average molecular weight is 281 g/mol. The molecule has 0 fully saturated rings. The number of benzene rings is 2. The van der Waals surface area contributed by atoms with Crippen molar-refractivity contribution in [3.8, 4) is 0 Å². The number of carbonyl (C=O) groups excluding carboxylic acids is 1. The van der Waals surface area contributed by atoms with Crippen LogP contribution in [0.25, 0.3) is 5.70 Å². The van der Waals surface area contributed by atoms with Gasteiger partial charge in [0.15, 0.2) is 0 Å². The van der Waals surface area contributed by atoms with Gasteiger partial charge in [-0.25, -0.2) is 4.79 Å². The Morgan fingerprint density at radius 1 is 1.10 bits per heavy atom. The van der Waals surface area contributed by atoms with Gasteiger partial charge < -0.3 is 4.74 Å². The van der Waals surface area contributed by atoms with Crippen LogP contribution in [0.4, 0.5) is 4.79 Å². The number of aryl methyl sites for hydroxylation is 1. The molecule has 0 spiro atoms. The van der Waals surface area contributed by atoms with Crippen molar-refractivity contribution in [3.63, 3.8) is 0 Å². The summed E-state index contributed by atoms with van der Waals surface area (Å²) < 4.78 is 5.23. The lowest BCUT2D eigenvalue weighted by molar-refractivity contribution is 0.144. The van der Waals surface area contributed by atoms with Crippen molar-refractivity contribution in [2.24, 2.45) is 0 Å². The maximum Gasteiger partial charge on any atom is 0.411 e. The molecule has 1 N–H and O–H groups in total. The molecule has 2 rings (SSSR count). The molecule has 0 aliphatic rings. The van der Waals surface area contributed by atoms with E-state index in [0.717, 1.165) is 22.4 Å². The lowest BCUT2D eigenvalue weighted by Crippen LogP contribution is -2.23. The van der Waals surface area contributed by atoms with Crippen LogP contribution in [0.15, 0.2) is 60.7 Å². The van der Waals surface area contributed by atoms with Crippen LogP contribution in [0.3, 0.4) is 0 Å². The van der Waals surface area contributed by atoms with Gasteiger partial charge >= 0.3 is 6.09 Å². The van der Waals surface area contributed by atoms with Crippen LogP contribution in [0.1, 0.15) is 23.6 Å². The molecule has 0 saturated carbocycles. The largest absolute Gasteiger partial charge is 0.444 e. The minimum absolute atomic E-state index is 0.261. The molecule has 0 saturated heterocycles. The van der Waals surface area contributed by atoms with Crippen LogP contribution in [-0.2, 0) is 11.3 Å². The summed E-state index contributed by atoms with van der Waals surface area (Å²) in [6.07, 6.45) is 1.42. The first kappa shape index (κ1) is 14.9. The fourth-order valence-corrected chi connectivity index (χ4v) is 2.04. The molecule has 21 heavy (non-hydrogen) atoms. The van der Waals surface area contributed by atoms with Gasteiger partial charge in [-0.05, 0) is 25.0 Å². The number of hydrogen-bond acceptors (Lipinski definition) is 2. The molecule has 0 bridgehead atoms. The minimum Gasteiger partial charge on any atom is -0.444 e. The van der Waals surface area contributed by atoms with E-state index in [2.05, 4.69) is 5.32 Å². The van der Waals surface area contributed by atoms with Crippen LogP contribution in [-0.4, -0.2) is 6.09 Å². The third-order valence-corrected chi connectivity index (χ3v) is 3.17. The monoisotopic (exact) mass is 281 g/mol. The summed E-state index contributed by atoms with van der Waals surface area (Å²) in [7, 11) is 0. The maximum absolute atomic E-state index is 11.9. The van der Waals surface area contributed by atoms with Crippen LogP contribution in [0, 0.1) is 6.92 Å². The first-order valence-corrected chi connectivity index (χ1v) is 6.90. The fraction of sp³-hybridized carbons (Fsp3) is 0.167. The van der Waals surface area contributed by atoms with E-state index in [4.69, 9.17) is 4.74 Å². The van der Waals surface area contributed by atoms with E-state index in [0.29, 0.717) is 0 Å². The van der Waals surface area contributed by atoms with Crippen LogP contribution in [0.2, 0.25) is 0 Å². The Labute approximate surface area is 125 Å². The van der Waals surface area contributed by atoms with Gasteiger partial charge in [-0.2, -0.15) is 0 Å². The normalized spacial score (nSPS) is 11.0. The quantitative estimate of drug-likeness (QED) is 0.908. The molecule has 1 amide bonds. The Bertz CT molecular complexity index is 633. The minimum atomic E-state index is -0.449. The van der Waals surface area contributed by atoms with Crippen molar-refractivity contribution < 1.29 is 9.53 Å². The molecule has 3 nitrogen and oxygen atoms in total. The zero-order valence-corrected chi connectivity index (χ0v) is 12.3. The molecule has 2 aromatic carbocycles. The van der Waals surface area contributed by atoms with Crippen molar-refractivity contribution in [2.45, 2.75) is 20.5 Å². The van der Waals surface area contributed by atoms with Gasteiger partial charge in [0.05, 0.1) is 0 Å². The molecule has 0 atom stereocenters. The van der Waals surface area contributed by atoms with Crippen LogP contribution >= 0.6 is 0 Å². The number of allylic oxidation sites excluding steroid dienone is 1. The van der Waals surface area contributed by atoms with Gasteiger partial charge in [-0.3, -0.25) is 5.32 Å². The van der Waals surface area contributed by atoms with Gasteiger partial charge in [0.25, 0.3) is 0 Å². The van der Waals surface area contributed by atoms with Gasteiger partial charge in [-0.15, -0.1) is 0 Å². The first-order valence-electron chi connectivity index (χ1n) is 6.90. The zero-order valence-electron chi connectivity index (χ0n) is 12.3. The topological polar surface area (TPSA) is 38.3 Å². The van der Waals surface area contributed by atoms with E-state index in [-0.39, 0.29) is 6.61 Å². The smallest absolute Gasteiger partial charge is 0.411 e. The summed E-state index contributed by atoms with van der Waals surface area (Å²) in [5, 5.41) is 2.79. The summed E-state index contributed by atoms with van der Waals surface area (Å²) in [4.78, 5) is 11.9. The molecular weight excluding hydrogens is 262 g/mol. The fourth-order valence-electron chi connectivity index (χ4n) is 2.04. The number of nitrogens with one attached hydrogen (secondary N) is 1. The van der Waals surface area contributed by atoms with Gasteiger partial charge in [0, 0.05) is 11.3 Å². The highest BCUT2D eigenvalue weighted by molar-refractivity contribution is 5.82. The molecule has 0 aliphatic carbocycles. The van der Waals surface area contributed by atoms with E-state index in [1.807, 2.05) is 74.5 Å². The molecule has 0 heterocycles. The highest BCUT2D eigenvalue weighted by Crippen LogP contribution is 2.16. The van der Waals surface area contributed by atoms with Gasteiger partial charge in [0.1, 0.15) is 6.61 Å². The Morgan fingerprint density at radius 2 is 1.76 bits per heavy atom. The van der Waals surface area contributed by atoms with E-state index < -0.39 is 6.09 Å². The molecule has 3 heteroatoms.